The van der Waals surface area contributed by atoms with Crippen molar-refractivity contribution in [1.29, 1.82) is 0 Å². The average molecular weight is 440 g/mol. The van der Waals surface area contributed by atoms with Crippen LogP contribution in [0.15, 0.2) is 47.4 Å². The first kappa shape index (κ1) is 21.1. The van der Waals surface area contributed by atoms with Crippen molar-refractivity contribution >= 4 is 39.1 Å². The van der Waals surface area contributed by atoms with Gasteiger partial charge in [0.2, 0.25) is 5.91 Å². The van der Waals surface area contributed by atoms with Gasteiger partial charge in [0, 0.05) is 24.7 Å². The lowest BCUT2D eigenvalue weighted by molar-refractivity contribution is -0.123. The first-order valence-electron chi connectivity index (χ1n) is 8.84. The third-order valence-corrected chi connectivity index (χ3v) is 6.47. The zero-order chi connectivity index (χ0) is 21.2. The maximum Gasteiger partial charge on any atom is 0.261 e. The van der Waals surface area contributed by atoms with Crippen LogP contribution in [0.2, 0.25) is 5.02 Å². The van der Waals surface area contributed by atoms with E-state index in [1.807, 2.05) is 0 Å². The van der Waals surface area contributed by atoms with E-state index in [4.69, 9.17) is 17.3 Å². The standard InChI is InChI=1S/C19H19ClFN3O4S/c20-17-6-5-15(29(27,28)23-14-3-1-13(21)2-4-14)11-16(17)19(26)24-9-7-12(8-10-24)18(22)25/h1-6,11-12,23H,7-10H2,(H2,22,25). The molecule has 0 bridgehead atoms. The summed E-state index contributed by atoms with van der Waals surface area (Å²) >= 11 is 6.14. The van der Waals surface area contributed by atoms with Crippen molar-refractivity contribution in [2.24, 2.45) is 11.7 Å². The Hall–Kier alpha value is -2.65. The molecule has 0 radical (unpaired) electrons. The Morgan fingerprint density at radius 1 is 1.10 bits per heavy atom. The molecule has 1 saturated heterocycles. The highest BCUT2D eigenvalue weighted by molar-refractivity contribution is 7.92. The number of halogens is 2. The number of amides is 2. The molecular weight excluding hydrogens is 421 g/mol. The summed E-state index contributed by atoms with van der Waals surface area (Å²) in [5.74, 6) is -1.58. The van der Waals surface area contributed by atoms with Gasteiger partial charge in [0.05, 0.1) is 15.5 Å². The second-order valence-electron chi connectivity index (χ2n) is 6.72. The number of hydrogen-bond donors (Lipinski definition) is 2. The number of rotatable bonds is 5. The topological polar surface area (TPSA) is 110 Å². The number of primary amides is 1. The average Bonchev–Trinajstić information content (AvgIpc) is 2.69. The summed E-state index contributed by atoms with van der Waals surface area (Å²) in [4.78, 5) is 25.5. The molecule has 0 spiro atoms. The van der Waals surface area contributed by atoms with Crippen LogP contribution >= 0.6 is 11.6 Å². The quantitative estimate of drug-likeness (QED) is 0.746. The number of carbonyl (C=O) groups is 2. The van der Waals surface area contributed by atoms with E-state index in [0.29, 0.717) is 25.9 Å². The first-order chi connectivity index (χ1) is 13.7. The second-order valence-corrected chi connectivity index (χ2v) is 8.81. The third-order valence-electron chi connectivity index (χ3n) is 4.76. The van der Waals surface area contributed by atoms with Gasteiger partial charge in [-0.2, -0.15) is 0 Å². The maximum absolute atomic E-state index is 13.0. The van der Waals surface area contributed by atoms with Crippen LogP contribution in [0.1, 0.15) is 23.2 Å². The molecule has 29 heavy (non-hydrogen) atoms. The van der Waals surface area contributed by atoms with Crippen LogP contribution in [0.3, 0.4) is 0 Å². The molecule has 0 saturated carbocycles. The number of nitrogens with two attached hydrogens (primary N) is 1. The molecule has 0 unspecified atom stereocenters. The zero-order valence-electron chi connectivity index (χ0n) is 15.3. The minimum Gasteiger partial charge on any atom is -0.369 e. The van der Waals surface area contributed by atoms with Crippen molar-refractivity contribution in [1.82, 2.24) is 4.90 Å². The number of benzene rings is 2. The van der Waals surface area contributed by atoms with Crippen molar-refractivity contribution < 1.29 is 22.4 Å². The minimum atomic E-state index is -4.01. The summed E-state index contributed by atoms with van der Waals surface area (Å²) < 4.78 is 40.6. The van der Waals surface area contributed by atoms with Gasteiger partial charge in [-0.05, 0) is 55.3 Å². The van der Waals surface area contributed by atoms with E-state index in [2.05, 4.69) is 4.72 Å². The smallest absolute Gasteiger partial charge is 0.261 e. The van der Waals surface area contributed by atoms with Gasteiger partial charge < -0.3 is 10.6 Å². The molecule has 154 valence electrons. The van der Waals surface area contributed by atoms with Crippen LogP contribution < -0.4 is 10.5 Å². The van der Waals surface area contributed by atoms with Gasteiger partial charge in [-0.25, -0.2) is 12.8 Å². The Morgan fingerprint density at radius 3 is 2.31 bits per heavy atom. The Labute approximate surface area is 172 Å². The lowest BCUT2D eigenvalue weighted by atomic mass is 9.96. The highest BCUT2D eigenvalue weighted by Gasteiger charge is 2.28. The van der Waals surface area contributed by atoms with Crippen LogP contribution in [0.5, 0.6) is 0 Å². The van der Waals surface area contributed by atoms with Crippen molar-refractivity contribution in [2.75, 3.05) is 17.8 Å². The molecule has 10 heteroatoms. The molecule has 1 fully saturated rings. The van der Waals surface area contributed by atoms with Crippen LogP contribution in [0.25, 0.3) is 0 Å². The molecule has 2 aromatic carbocycles. The van der Waals surface area contributed by atoms with Gasteiger partial charge in [0.25, 0.3) is 15.9 Å². The van der Waals surface area contributed by atoms with Crippen LogP contribution in [-0.4, -0.2) is 38.2 Å². The number of piperidine rings is 1. The molecule has 0 atom stereocenters. The molecule has 2 amide bonds. The van der Waals surface area contributed by atoms with Gasteiger partial charge in [0.15, 0.2) is 0 Å². The minimum absolute atomic E-state index is 0.0474. The van der Waals surface area contributed by atoms with Gasteiger partial charge in [-0.1, -0.05) is 11.6 Å². The third kappa shape index (κ3) is 4.86. The van der Waals surface area contributed by atoms with E-state index in [9.17, 15) is 22.4 Å². The molecule has 1 heterocycles. The van der Waals surface area contributed by atoms with E-state index in [1.54, 1.807) is 0 Å². The fraction of sp³-hybridized carbons (Fsp3) is 0.263. The Balaban J connectivity index is 1.81. The summed E-state index contributed by atoms with van der Waals surface area (Å²) in [7, 11) is -4.01. The predicted octanol–water partition coefficient (Wildman–Crippen LogP) is 2.62. The lowest BCUT2D eigenvalue weighted by Gasteiger charge is -2.30. The van der Waals surface area contributed by atoms with E-state index in [0.717, 1.165) is 12.1 Å². The van der Waals surface area contributed by atoms with Gasteiger partial charge in [0.1, 0.15) is 5.82 Å². The molecule has 7 nitrogen and oxygen atoms in total. The second kappa shape index (κ2) is 8.38. The highest BCUT2D eigenvalue weighted by atomic mass is 35.5. The van der Waals surface area contributed by atoms with E-state index in [1.165, 1.54) is 35.2 Å². The number of likely N-dealkylation sites (tertiary alicyclic amines) is 1. The molecule has 0 aromatic heterocycles. The first-order valence-corrected chi connectivity index (χ1v) is 10.7. The summed E-state index contributed by atoms with van der Waals surface area (Å²) in [5.41, 5.74) is 5.54. The normalized spacial score (nSPS) is 15.2. The Kier molecular flexibility index (Phi) is 6.09. The van der Waals surface area contributed by atoms with Gasteiger partial charge >= 0.3 is 0 Å². The predicted molar refractivity (Wildman–Crippen MR) is 106 cm³/mol. The summed E-state index contributed by atoms with van der Waals surface area (Å²) in [6, 6.07) is 8.66. The molecular formula is C19H19ClFN3O4S. The molecule has 2 aromatic rings. The Bertz CT molecular complexity index is 1040. The number of sulfonamides is 1. The molecule has 1 aliphatic heterocycles. The van der Waals surface area contributed by atoms with Crippen LogP contribution in [-0.2, 0) is 14.8 Å². The SMILES string of the molecule is NC(=O)C1CCN(C(=O)c2cc(S(=O)(=O)Nc3ccc(F)cc3)ccc2Cl)CC1. The molecule has 1 aliphatic rings. The number of carbonyl (C=O) groups excluding carboxylic acids is 2. The van der Waals surface area contributed by atoms with Crippen molar-refractivity contribution in [3.8, 4) is 0 Å². The molecule has 3 rings (SSSR count). The van der Waals surface area contributed by atoms with Crippen LogP contribution in [0, 0.1) is 11.7 Å². The summed E-state index contributed by atoms with van der Waals surface area (Å²) in [6.45, 7) is 0.654. The monoisotopic (exact) mass is 439 g/mol. The zero-order valence-corrected chi connectivity index (χ0v) is 16.8. The van der Waals surface area contributed by atoms with Crippen molar-refractivity contribution in [3.63, 3.8) is 0 Å². The summed E-state index contributed by atoms with van der Waals surface area (Å²) in [6.07, 6.45) is 0.894. The molecule has 0 aliphatic carbocycles. The highest BCUT2D eigenvalue weighted by Crippen LogP contribution is 2.26. The maximum atomic E-state index is 13.0. The van der Waals surface area contributed by atoms with E-state index < -0.39 is 27.7 Å². The van der Waals surface area contributed by atoms with Crippen molar-refractivity contribution in [2.45, 2.75) is 17.7 Å². The number of hydrogen-bond acceptors (Lipinski definition) is 4. The number of nitrogens with one attached hydrogen (secondary N) is 1. The summed E-state index contributed by atoms with van der Waals surface area (Å²) in [5, 5.41) is 0.118. The van der Waals surface area contributed by atoms with Crippen molar-refractivity contribution in [3.05, 3.63) is 58.9 Å². The fourth-order valence-corrected chi connectivity index (χ4v) is 4.39. The number of nitrogens with zero attached hydrogens (tertiary/aromatic N) is 1. The van der Waals surface area contributed by atoms with Gasteiger partial charge in [-0.15, -0.1) is 0 Å². The van der Waals surface area contributed by atoms with E-state index >= 15 is 0 Å². The van der Waals surface area contributed by atoms with Gasteiger partial charge in [-0.3, -0.25) is 14.3 Å². The fourth-order valence-electron chi connectivity index (χ4n) is 3.10. The largest absolute Gasteiger partial charge is 0.369 e. The number of anilines is 1. The molecule has 3 N–H and O–H groups in total. The van der Waals surface area contributed by atoms with E-state index in [-0.39, 0.29) is 27.1 Å². The van der Waals surface area contributed by atoms with Crippen LogP contribution in [0.4, 0.5) is 10.1 Å². The lowest BCUT2D eigenvalue weighted by Crippen LogP contribution is -2.41. The Morgan fingerprint density at radius 2 is 1.72 bits per heavy atom.